The van der Waals surface area contributed by atoms with Crippen LogP contribution in [-0.4, -0.2) is 28.6 Å². The summed E-state index contributed by atoms with van der Waals surface area (Å²) in [7, 11) is 0. The first-order valence-electron chi connectivity index (χ1n) is 11.7. The number of amides is 1. The second-order valence-corrected chi connectivity index (χ2v) is 8.55. The second-order valence-electron chi connectivity index (χ2n) is 8.55. The molecule has 5 heteroatoms. The Labute approximate surface area is 194 Å². The molecule has 1 atom stereocenters. The number of benzene rings is 3. The fraction of sp³-hybridized carbons (Fsp3) is 0.286. The number of fused-ring (bicyclic) bond motifs is 1. The van der Waals surface area contributed by atoms with E-state index in [1.165, 1.54) is 5.56 Å². The highest BCUT2D eigenvalue weighted by Crippen LogP contribution is 2.33. The van der Waals surface area contributed by atoms with Crippen LogP contribution in [-0.2, 0) is 17.8 Å². The predicted molar refractivity (Wildman–Crippen MR) is 132 cm³/mol. The van der Waals surface area contributed by atoms with Crippen molar-refractivity contribution >= 4 is 22.6 Å². The van der Waals surface area contributed by atoms with Crippen molar-refractivity contribution in [3.8, 4) is 5.75 Å². The number of nitrogens with zero attached hydrogens (tertiary/aromatic N) is 3. The summed E-state index contributed by atoms with van der Waals surface area (Å²) in [4.78, 5) is 19.8. The van der Waals surface area contributed by atoms with E-state index in [2.05, 4.69) is 41.8 Å². The molecule has 0 saturated carbocycles. The van der Waals surface area contributed by atoms with Crippen LogP contribution in [0.15, 0.2) is 78.9 Å². The zero-order chi connectivity index (χ0) is 22.6. The average Bonchev–Trinajstić information content (AvgIpc) is 3.43. The maximum atomic E-state index is 12.9. The molecule has 5 nitrogen and oxygen atoms in total. The Morgan fingerprint density at radius 2 is 1.73 bits per heavy atom. The van der Waals surface area contributed by atoms with E-state index in [1.807, 2.05) is 53.4 Å². The van der Waals surface area contributed by atoms with Gasteiger partial charge in [0.15, 0.2) is 0 Å². The van der Waals surface area contributed by atoms with E-state index in [0.29, 0.717) is 19.6 Å². The molecule has 1 amide bonds. The van der Waals surface area contributed by atoms with Gasteiger partial charge in [-0.2, -0.15) is 0 Å². The van der Waals surface area contributed by atoms with Crippen LogP contribution in [0.4, 0.5) is 5.69 Å². The van der Waals surface area contributed by atoms with Gasteiger partial charge < -0.3 is 14.2 Å². The maximum Gasteiger partial charge on any atom is 0.227 e. The summed E-state index contributed by atoms with van der Waals surface area (Å²) in [6.07, 6.45) is 2.35. The smallest absolute Gasteiger partial charge is 0.227 e. The maximum absolute atomic E-state index is 12.9. The van der Waals surface area contributed by atoms with Crippen molar-refractivity contribution in [2.45, 2.75) is 38.6 Å². The van der Waals surface area contributed by atoms with Crippen molar-refractivity contribution in [2.75, 3.05) is 18.1 Å². The average molecular weight is 440 g/mol. The first-order valence-corrected chi connectivity index (χ1v) is 11.7. The number of ether oxygens (including phenoxy) is 1. The Morgan fingerprint density at radius 3 is 2.52 bits per heavy atom. The number of carbonyl (C=O) groups excluding carboxylic acids is 1. The van der Waals surface area contributed by atoms with E-state index in [-0.39, 0.29) is 11.8 Å². The number of hydrogen-bond acceptors (Lipinski definition) is 3. The number of imidazole rings is 1. The highest BCUT2D eigenvalue weighted by atomic mass is 16.5. The molecule has 1 unspecified atom stereocenters. The lowest BCUT2D eigenvalue weighted by molar-refractivity contribution is -0.117. The lowest BCUT2D eigenvalue weighted by atomic mass is 10.1. The number of anilines is 1. The molecule has 1 aliphatic heterocycles. The normalized spacial score (nSPS) is 16.0. The fourth-order valence-corrected chi connectivity index (χ4v) is 4.61. The van der Waals surface area contributed by atoms with Crippen molar-refractivity contribution in [1.29, 1.82) is 0 Å². The molecule has 1 aliphatic rings. The third kappa shape index (κ3) is 4.49. The topological polar surface area (TPSA) is 47.4 Å². The second kappa shape index (κ2) is 9.49. The van der Waals surface area contributed by atoms with E-state index in [4.69, 9.17) is 9.72 Å². The number of para-hydroxylation sites is 3. The number of aromatic nitrogens is 2. The van der Waals surface area contributed by atoms with E-state index in [0.717, 1.165) is 47.7 Å². The molecule has 0 radical (unpaired) electrons. The monoisotopic (exact) mass is 439 g/mol. The summed E-state index contributed by atoms with van der Waals surface area (Å²) in [5.74, 6) is 2.12. The number of rotatable bonds is 8. The summed E-state index contributed by atoms with van der Waals surface area (Å²) < 4.78 is 8.18. The summed E-state index contributed by atoms with van der Waals surface area (Å²) in [6, 6.07) is 26.5. The van der Waals surface area contributed by atoms with Crippen molar-refractivity contribution in [3.63, 3.8) is 0 Å². The van der Waals surface area contributed by atoms with Gasteiger partial charge in [-0.05, 0) is 54.8 Å². The molecule has 0 spiro atoms. The van der Waals surface area contributed by atoms with Gasteiger partial charge in [-0.25, -0.2) is 4.98 Å². The molecule has 3 aromatic carbocycles. The van der Waals surface area contributed by atoms with Gasteiger partial charge in [0.1, 0.15) is 11.6 Å². The summed E-state index contributed by atoms with van der Waals surface area (Å²) >= 11 is 0. The van der Waals surface area contributed by atoms with Crippen molar-refractivity contribution in [1.82, 2.24) is 9.55 Å². The van der Waals surface area contributed by atoms with Gasteiger partial charge >= 0.3 is 0 Å². The Balaban J connectivity index is 1.34. The minimum atomic E-state index is 0.0748. The molecule has 1 aromatic heterocycles. The third-order valence-corrected chi connectivity index (χ3v) is 6.37. The summed E-state index contributed by atoms with van der Waals surface area (Å²) in [5.41, 5.74) is 4.35. The van der Waals surface area contributed by atoms with E-state index in [1.54, 1.807) is 0 Å². The largest absolute Gasteiger partial charge is 0.494 e. The molecule has 168 valence electrons. The first-order chi connectivity index (χ1) is 16.2. The van der Waals surface area contributed by atoms with Crippen LogP contribution in [0.25, 0.3) is 11.0 Å². The lowest BCUT2D eigenvalue weighted by Crippen LogP contribution is -2.24. The van der Waals surface area contributed by atoms with Crippen LogP contribution in [0.1, 0.15) is 37.1 Å². The van der Waals surface area contributed by atoms with Crippen LogP contribution in [0.2, 0.25) is 0 Å². The van der Waals surface area contributed by atoms with Gasteiger partial charge in [0.05, 0.1) is 17.6 Å². The molecule has 1 fully saturated rings. The van der Waals surface area contributed by atoms with Gasteiger partial charge in [0.2, 0.25) is 5.91 Å². The molecule has 1 saturated heterocycles. The van der Waals surface area contributed by atoms with Crippen LogP contribution < -0.4 is 9.64 Å². The predicted octanol–water partition coefficient (Wildman–Crippen LogP) is 5.59. The number of aryl methyl sites for hydroxylation is 2. The van der Waals surface area contributed by atoms with Gasteiger partial charge in [-0.3, -0.25) is 4.79 Å². The molecule has 5 rings (SSSR count). The van der Waals surface area contributed by atoms with Crippen molar-refractivity contribution < 1.29 is 9.53 Å². The van der Waals surface area contributed by atoms with Crippen LogP contribution in [0, 0.1) is 0 Å². The fourth-order valence-electron chi connectivity index (χ4n) is 4.61. The van der Waals surface area contributed by atoms with Gasteiger partial charge in [-0.15, -0.1) is 0 Å². The van der Waals surface area contributed by atoms with Crippen LogP contribution in [0.3, 0.4) is 0 Å². The molecule has 2 heterocycles. The molecule has 0 N–H and O–H groups in total. The standard InChI is InChI=1S/C28H29N3O2/c1-2-21-13-15-23(16-14-21)31-20-22(19-27(31)32)28-29-25-11-6-7-12-26(25)30(28)17-8-18-33-24-9-4-3-5-10-24/h3-7,9-16,22H,2,8,17-20H2,1H3. The zero-order valence-electron chi connectivity index (χ0n) is 19.0. The van der Waals surface area contributed by atoms with E-state index >= 15 is 0 Å². The summed E-state index contributed by atoms with van der Waals surface area (Å²) in [5, 5.41) is 0. The Hall–Kier alpha value is -3.60. The minimum absolute atomic E-state index is 0.0748. The Morgan fingerprint density at radius 1 is 0.970 bits per heavy atom. The van der Waals surface area contributed by atoms with E-state index < -0.39 is 0 Å². The van der Waals surface area contributed by atoms with Crippen LogP contribution >= 0.6 is 0 Å². The van der Waals surface area contributed by atoms with E-state index in [9.17, 15) is 4.79 Å². The van der Waals surface area contributed by atoms with Gasteiger partial charge in [0.25, 0.3) is 0 Å². The summed E-state index contributed by atoms with van der Waals surface area (Å²) in [6.45, 7) is 4.24. The number of carbonyl (C=O) groups is 1. The van der Waals surface area contributed by atoms with Gasteiger partial charge in [-0.1, -0.05) is 49.4 Å². The molecular weight excluding hydrogens is 410 g/mol. The number of hydrogen-bond donors (Lipinski definition) is 0. The lowest BCUT2D eigenvalue weighted by Gasteiger charge is -2.18. The Bertz CT molecular complexity index is 1230. The third-order valence-electron chi connectivity index (χ3n) is 6.37. The molecular formula is C28H29N3O2. The minimum Gasteiger partial charge on any atom is -0.494 e. The Kier molecular flexibility index (Phi) is 6.11. The van der Waals surface area contributed by atoms with Gasteiger partial charge in [0, 0.05) is 31.1 Å². The zero-order valence-corrected chi connectivity index (χ0v) is 19.0. The molecule has 33 heavy (non-hydrogen) atoms. The van der Waals surface area contributed by atoms with Crippen molar-refractivity contribution in [2.24, 2.45) is 0 Å². The highest BCUT2D eigenvalue weighted by Gasteiger charge is 2.34. The molecule has 0 bridgehead atoms. The quantitative estimate of drug-likeness (QED) is 0.336. The molecule has 4 aromatic rings. The van der Waals surface area contributed by atoms with Crippen LogP contribution in [0.5, 0.6) is 5.75 Å². The highest BCUT2D eigenvalue weighted by molar-refractivity contribution is 5.96. The SMILES string of the molecule is CCc1ccc(N2CC(c3nc4ccccc4n3CCCOc3ccccc3)CC2=O)cc1. The first kappa shape index (κ1) is 21.3. The van der Waals surface area contributed by atoms with Crippen molar-refractivity contribution in [3.05, 3.63) is 90.3 Å². The molecule has 0 aliphatic carbocycles.